The fourth-order valence-electron chi connectivity index (χ4n) is 5.04. The average Bonchev–Trinajstić information content (AvgIpc) is 3.45. The van der Waals surface area contributed by atoms with E-state index >= 15 is 0 Å². The minimum atomic E-state index is -2.32. The van der Waals surface area contributed by atoms with Crippen molar-refractivity contribution in [3.63, 3.8) is 0 Å². The number of fused-ring (bicyclic) bond motifs is 2. The molecule has 2 aromatic rings. The number of aryl methyl sites for hydroxylation is 1. The van der Waals surface area contributed by atoms with Gasteiger partial charge >= 0.3 is 5.97 Å². The number of carbonyl (C=O) groups is 3. The van der Waals surface area contributed by atoms with E-state index in [0.717, 1.165) is 38.5 Å². The van der Waals surface area contributed by atoms with Gasteiger partial charge in [0.15, 0.2) is 0 Å². The van der Waals surface area contributed by atoms with Crippen molar-refractivity contribution in [2.45, 2.75) is 26.3 Å². The van der Waals surface area contributed by atoms with E-state index in [1.54, 1.807) is 13.1 Å². The Morgan fingerprint density at radius 3 is 2.59 bits per heavy atom. The first kappa shape index (κ1) is 24.9. The third-order valence-electron chi connectivity index (χ3n) is 7.16. The molecule has 0 saturated carbocycles. The maximum absolute atomic E-state index is 13.0. The van der Waals surface area contributed by atoms with E-state index in [-0.39, 0.29) is 12.8 Å². The Labute approximate surface area is 220 Å². The molecule has 188 valence electrons. The zero-order valence-corrected chi connectivity index (χ0v) is 23.0. The summed E-state index contributed by atoms with van der Waals surface area (Å²) in [6.45, 7) is 8.50. The lowest BCUT2D eigenvalue weighted by Crippen LogP contribution is -2.50. The van der Waals surface area contributed by atoms with Crippen molar-refractivity contribution in [2.24, 2.45) is 4.99 Å². The highest BCUT2D eigenvalue weighted by molar-refractivity contribution is 7.15. The molecular formula is C28H27N3O4SSi. The molecule has 1 N–H and O–H groups in total. The minimum absolute atomic E-state index is 0.0545. The molecule has 0 spiro atoms. The molecule has 9 heteroatoms. The van der Waals surface area contributed by atoms with Crippen LogP contribution in [0.3, 0.4) is 0 Å². The van der Waals surface area contributed by atoms with E-state index in [1.165, 1.54) is 21.7 Å². The van der Waals surface area contributed by atoms with E-state index in [0.29, 0.717) is 9.94 Å². The third-order valence-corrected chi connectivity index (χ3v) is 12.3. The zero-order chi connectivity index (χ0) is 26.5. The molecule has 1 saturated heterocycles. The van der Waals surface area contributed by atoms with Gasteiger partial charge in [0, 0.05) is 43.1 Å². The van der Waals surface area contributed by atoms with Crippen LogP contribution in [-0.4, -0.2) is 50.7 Å². The van der Waals surface area contributed by atoms with Gasteiger partial charge in [0.2, 0.25) is 0 Å². The van der Waals surface area contributed by atoms with Crippen LogP contribution in [0.25, 0.3) is 5.57 Å². The van der Waals surface area contributed by atoms with Crippen molar-refractivity contribution in [1.82, 2.24) is 5.06 Å². The highest BCUT2D eigenvalue weighted by Gasteiger charge is 2.42. The van der Waals surface area contributed by atoms with Crippen molar-refractivity contribution >= 4 is 59.4 Å². The molecule has 37 heavy (non-hydrogen) atoms. The first-order valence-electron chi connectivity index (χ1n) is 12.0. The maximum Gasteiger partial charge on any atom is 0.373 e. The molecule has 3 aliphatic rings. The van der Waals surface area contributed by atoms with Gasteiger partial charge in [-0.25, -0.2) is 4.79 Å². The molecule has 1 fully saturated rings. The SMILES string of the molecule is C=C[Si]1(C)C2=C/C(=N/C)C=CC2=C(c2sc(C(=O)ON3C(=O)CCC3=O)cc2C)c2ccc(NC)cc21. The van der Waals surface area contributed by atoms with Gasteiger partial charge in [-0.1, -0.05) is 24.4 Å². The maximum atomic E-state index is 13.0. The molecule has 2 amide bonds. The number of hydrogen-bond acceptors (Lipinski definition) is 7. The largest absolute Gasteiger partial charge is 0.388 e. The molecule has 1 aliphatic carbocycles. The first-order chi connectivity index (χ1) is 17.7. The lowest BCUT2D eigenvalue weighted by Gasteiger charge is -2.38. The summed E-state index contributed by atoms with van der Waals surface area (Å²) in [5, 5.41) is 6.29. The van der Waals surface area contributed by atoms with Crippen molar-refractivity contribution in [3.05, 3.63) is 86.4 Å². The Bertz CT molecular complexity index is 1500. The van der Waals surface area contributed by atoms with Gasteiger partial charge in [0.1, 0.15) is 13.0 Å². The van der Waals surface area contributed by atoms with Gasteiger partial charge in [-0.15, -0.1) is 23.0 Å². The van der Waals surface area contributed by atoms with Gasteiger partial charge in [-0.3, -0.25) is 14.6 Å². The van der Waals surface area contributed by atoms with Crippen LogP contribution in [0.5, 0.6) is 0 Å². The Morgan fingerprint density at radius 1 is 1.22 bits per heavy atom. The number of hydrogen-bond donors (Lipinski definition) is 1. The van der Waals surface area contributed by atoms with E-state index in [1.807, 2.05) is 20.0 Å². The van der Waals surface area contributed by atoms with E-state index in [4.69, 9.17) is 4.84 Å². The standard InChI is InChI=1S/C28H27N3O4SSi/c1-6-37(5)22-14-17(29-3)7-9-19(22)26(20-10-8-18(30-4)15-23(20)37)27-16(2)13-21(36-27)28(34)35-31-24(32)11-12-25(31)33/h6-10,13-15,29H,1,11-12H2,2-5H3/b30-18+. The topological polar surface area (TPSA) is 88.1 Å². The second-order valence-corrected chi connectivity index (χ2v) is 14.3. The first-order valence-corrected chi connectivity index (χ1v) is 15.4. The molecular weight excluding hydrogens is 502 g/mol. The van der Waals surface area contributed by atoms with Crippen molar-refractivity contribution < 1.29 is 19.2 Å². The fraction of sp³-hybridized carbons (Fsp3) is 0.214. The number of benzene rings is 1. The second-order valence-electron chi connectivity index (χ2n) is 9.33. The van der Waals surface area contributed by atoms with Crippen LogP contribution in [0, 0.1) is 6.92 Å². The van der Waals surface area contributed by atoms with Gasteiger partial charge in [-0.2, -0.15) is 0 Å². The fourth-order valence-corrected chi connectivity index (χ4v) is 9.32. The Balaban J connectivity index is 1.68. The third kappa shape index (κ3) is 3.95. The second kappa shape index (κ2) is 9.24. The van der Waals surface area contributed by atoms with Gasteiger partial charge in [0.05, 0.1) is 5.71 Å². The normalized spacial score (nSPS) is 21.7. The summed E-state index contributed by atoms with van der Waals surface area (Å²) in [6.07, 6.45) is 6.38. The lowest BCUT2D eigenvalue weighted by atomic mass is 9.92. The molecule has 7 nitrogen and oxygen atoms in total. The minimum Gasteiger partial charge on any atom is -0.388 e. The highest BCUT2D eigenvalue weighted by Crippen LogP contribution is 2.45. The van der Waals surface area contributed by atoms with Crippen LogP contribution in [0.15, 0.2) is 70.5 Å². The number of thiophene rings is 1. The summed E-state index contributed by atoms with van der Waals surface area (Å²) >= 11 is 1.30. The smallest absolute Gasteiger partial charge is 0.373 e. The predicted octanol–water partition coefficient (Wildman–Crippen LogP) is 4.25. The van der Waals surface area contributed by atoms with E-state index < -0.39 is 25.9 Å². The summed E-state index contributed by atoms with van der Waals surface area (Å²) in [7, 11) is 1.37. The number of aliphatic imine (C=N–C) groups is 1. The number of anilines is 1. The molecule has 0 radical (unpaired) electrons. The molecule has 5 rings (SSSR count). The number of amides is 2. The Morgan fingerprint density at radius 2 is 1.95 bits per heavy atom. The van der Waals surface area contributed by atoms with Gasteiger partial charge in [-0.05, 0) is 64.4 Å². The van der Waals surface area contributed by atoms with E-state index in [2.05, 4.69) is 59.5 Å². The number of carbonyl (C=O) groups excluding carboxylic acids is 3. The highest BCUT2D eigenvalue weighted by atomic mass is 32.1. The number of allylic oxidation sites excluding steroid dienone is 5. The number of nitrogens with one attached hydrogen (secondary N) is 1. The zero-order valence-electron chi connectivity index (χ0n) is 21.2. The summed E-state index contributed by atoms with van der Waals surface area (Å²) in [5.41, 5.74) is 8.18. The Kier molecular flexibility index (Phi) is 6.21. The van der Waals surface area contributed by atoms with Crippen LogP contribution in [-0.2, 0) is 14.4 Å². The van der Waals surface area contributed by atoms with Crippen molar-refractivity contribution in [3.8, 4) is 0 Å². The number of nitrogens with zero attached hydrogens (tertiary/aromatic N) is 2. The quantitative estimate of drug-likeness (QED) is 0.462. The molecule has 2 aliphatic heterocycles. The monoisotopic (exact) mass is 529 g/mol. The summed E-state index contributed by atoms with van der Waals surface area (Å²) in [5.74, 6) is -1.71. The molecule has 1 aromatic heterocycles. The van der Waals surface area contributed by atoms with Crippen molar-refractivity contribution in [2.75, 3.05) is 19.4 Å². The summed E-state index contributed by atoms with van der Waals surface area (Å²) in [4.78, 5) is 47.7. The Hall–Kier alpha value is -3.82. The average molecular weight is 530 g/mol. The summed E-state index contributed by atoms with van der Waals surface area (Å²) in [6, 6.07) is 8.14. The van der Waals surface area contributed by atoms with Crippen LogP contribution in [0.2, 0.25) is 6.55 Å². The molecule has 1 atom stereocenters. The van der Waals surface area contributed by atoms with Gasteiger partial charge in [0.25, 0.3) is 11.8 Å². The molecule has 1 aromatic carbocycles. The molecule has 1 unspecified atom stereocenters. The predicted molar refractivity (Wildman–Crippen MR) is 150 cm³/mol. The molecule has 0 bridgehead atoms. The van der Waals surface area contributed by atoms with E-state index in [9.17, 15) is 14.4 Å². The summed E-state index contributed by atoms with van der Waals surface area (Å²) < 4.78 is 0. The number of hydroxylamine groups is 2. The number of rotatable bonds is 5. The lowest BCUT2D eigenvalue weighted by molar-refractivity contribution is -0.172. The number of imide groups is 1. The van der Waals surface area contributed by atoms with Crippen molar-refractivity contribution in [1.29, 1.82) is 0 Å². The van der Waals surface area contributed by atoms with Crippen LogP contribution >= 0.6 is 11.3 Å². The van der Waals surface area contributed by atoms with Crippen LogP contribution in [0.4, 0.5) is 5.69 Å². The van der Waals surface area contributed by atoms with Crippen LogP contribution in [0.1, 0.15) is 38.5 Å². The van der Waals surface area contributed by atoms with Crippen LogP contribution < -0.4 is 10.5 Å². The van der Waals surface area contributed by atoms with Gasteiger partial charge < -0.3 is 10.2 Å². The molecule has 3 heterocycles.